The summed E-state index contributed by atoms with van der Waals surface area (Å²) in [5.74, 6) is 0. The molecule has 0 spiro atoms. The van der Waals surface area contributed by atoms with Gasteiger partial charge in [0.15, 0.2) is 31.5 Å². The fourth-order valence-electron chi connectivity index (χ4n) is 6.83. The maximum Gasteiger partial charge on any atom is 0.161 e. The molecule has 5 rings (SSSR count). The van der Waals surface area contributed by atoms with Gasteiger partial charge in [-0.25, -0.2) is 0 Å². The molecule has 0 unspecified atom stereocenters. The van der Waals surface area contributed by atoms with Gasteiger partial charge in [0.05, 0.1) is 61.0 Å². The Morgan fingerprint density at radius 3 is 1.51 bits per heavy atom. The van der Waals surface area contributed by atoms with Gasteiger partial charge in [-0.3, -0.25) is 0 Å². The first-order chi connectivity index (χ1) is 21.3. The summed E-state index contributed by atoms with van der Waals surface area (Å²) in [6, 6.07) is 0. The maximum absolute atomic E-state index is 10.9. The Labute approximate surface area is 263 Å². The number of aliphatic hydroxyl groups is 6. The van der Waals surface area contributed by atoms with E-state index in [1.54, 1.807) is 27.7 Å². The van der Waals surface area contributed by atoms with Crippen molar-refractivity contribution in [2.24, 2.45) is 0 Å². The van der Waals surface area contributed by atoms with Crippen LogP contribution in [0.4, 0.5) is 0 Å². The van der Waals surface area contributed by atoms with E-state index < -0.39 is 105 Å². The van der Waals surface area contributed by atoms with E-state index in [1.165, 1.54) is 0 Å². The van der Waals surface area contributed by atoms with Crippen molar-refractivity contribution in [2.75, 3.05) is 0 Å². The third kappa shape index (κ3) is 8.71. The van der Waals surface area contributed by atoms with Crippen LogP contribution < -0.4 is 0 Å². The van der Waals surface area contributed by atoms with E-state index >= 15 is 0 Å². The van der Waals surface area contributed by atoms with Gasteiger partial charge in [0.1, 0.15) is 24.4 Å². The third-order valence-electron chi connectivity index (χ3n) is 9.48. The van der Waals surface area contributed by atoms with Crippen molar-refractivity contribution in [3.8, 4) is 0 Å². The van der Waals surface area contributed by atoms with E-state index in [0.717, 1.165) is 0 Å². The molecule has 0 amide bonds. The molecule has 0 bridgehead atoms. The van der Waals surface area contributed by atoms with Crippen molar-refractivity contribution in [1.82, 2.24) is 0 Å². The number of hydrogen-bond donors (Lipinski definition) is 6. The molecule has 5 aliphatic rings. The Hall–Kier alpha value is -0.600. The molecule has 15 nitrogen and oxygen atoms in total. The monoisotopic (exact) mass is 652 g/mol. The van der Waals surface area contributed by atoms with Gasteiger partial charge in [-0.1, -0.05) is 0 Å². The average Bonchev–Trinajstić information content (AvgIpc) is 2.95. The smallest absolute Gasteiger partial charge is 0.161 e. The van der Waals surface area contributed by atoms with Gasteiger partial charge in [-0.05, 0) is 41.0 Å². The highest BCUT2D eigenvalue weighted by Gasteiger charge is 2.45. The first kappa shape index (κ1) is 35.7. The van der Waals surface area contributed by atoms with E-state index in [0.29, 0.717) is 12.8 Å². The second kappa shape index (κ2) is 15.3. The molecule has 15 heteroatoms. The van der Waals surface area contributed by atoms with E-state index in [2.05, 4.69) is 0 Å². The highest BCUT2D eigenvalue weighted by molar-refractivity contribution is 4.88. The standard InChI is InChI=1S/C30H52O15/c1-12-20(42-24-10-19(33)30(16(5)41-24)44-25-9-17(31)27(35)13(2)39-25)6-7-23(38-12)43-21-11-26(40-14(3)28(21)36)45-29-15(4)37-22(34)8-18(29)32/h12-36H,6-11H2,1-5H3/t12-,13+,14+,15+,16+,17+,18+,19+,20-,21+,22+,23-,24-,25-,26-,27+,28+,29+,30+/m0/s1. The normalized spacial score (nSPS) is 53.3. The predicted octanol–water partition coefficient (Wildman–Crippen LogP) is -0.611. The molecule has 5 heterocycles. The van der Waals surface area contributed by atoms with Gasteiger partial charge < -0.3 is 73.3 Å². The van der Waals surface area contributed by atoms with Crippen LogP contribution in [0.5, 0.6) is 0 Å². The van der Waals surface area contributed by atoms with Crippen molar-refractivity contribution in [2.45, 2.75) is 190 Å². The van der Waals surface area contributed by atoms with Gasteiger partial charge in [-0.15, -0.1) is 0 Å². The molecule has 0 aromatic carbocycles. The minimum absolute atomic E-state index is 0.0283. The quantitative estimate of drug-likeness (QED) is 0.194. The molecule has 45 heavy (non-hydrogen) atoms. The first-order valence-corrected chi connectivity index (χ1v) is 16.3. The largest absolute Gasteiger partial charge is 0.390 e. The Bertz CT molecular complexity index is 894. The Balaban J connectivity index is 1.08. The lowest BCUT2D eigenvalue weighted by Crippen LogP contribution is -2.55. The van der Waals surface area contributed by atoms with Crippen LogP contribution in [0.2, 0.25) is 0 Å². The molecule has 5 saturated heterocycles. The number of hydrogen-bond acceptors (Lipinski definition) is 15. The molecule has 0 radical (unpaired) electrons. The van der Waals surface area contributed by atoms with Gasteiger partial charge >= 0.3 is 0 Å². The molecule has 0 aromatic rings. The number of aliphatic hydroxyl groups excluding tert-OH is 6. The van der Waals surface area contributed by atoms with Gasteiger partial charge in [0, 0.05) is 32.1 Å². The van der Waals surface area contributed by atoms with Crippen LogP contribution in [0.15, 0.2) is 0 Å². The lowest BCUT2D eigenvalue weighted by Gasteiger charge is -2.45. The zero-order valence-electron chi connectivity index (χ0n) is 26.6. The molecule has 0 aromatic heterocycles. The summed E-state index contributed by atoms with van der Waals surface area (Å²) in [6.45, 7) is 8.72. The van der Waals surface area contributed by atoms with E-state index in [4.69, 9.17) is 42.6 Å². The molecular weight excluding hydrogens is 600 g/mol. The fraction of sp³-hybridized carbons (Fsp3) is 1.00. The number of rotatable bonds is 8. The number of ether oxygens (including phenoxy) is 9. The molecule has 6 N–H and O–H groups in total. The van der Waals surface area contributed by atoms with Crippen LogP contribution in [0.1, 0.15) is 73.1 Å². The lowest BCUT2D eigenvalue weighted by molar-refractivity contribution is -0.337. The third-order valence-corrected chi connectivity index (χ3v) is 9.48. The van der Waals surface area contributed by atoms with Gasteiger partial charge in [0.25, 0.3) is 0 Å². The van der Waals surface area contributed by atoms with Crippen LogP contribution in [-0.2, 0) is 42.6 Å². The Morgan fingerprint density at radius 1 is 0.422 bits per heavy atom. The molecule has 19 atom stereocenters. The second-order valence-electron chi connectivity index (χ2n) is 13.1. The summed E-state index contributed by atoms with van der Waals surface area (Å²) in [7, 11) is 0. The lowest BCUT2D eigenvalue weighted by atomic mass is 9.99. The van der Waals surface area contributed by atoms with Crippen molar-refractivity contribution >= 4 is 0 Å². The Kier molecular flexibility index (Phi) is 12.1. The highest BCUT2D eigenvalue weighted by atomic mass is 16.7. The summed E-state index contributed by atoms with van der Waals surface area (Å²) in [4.78, 5) is 0. The summed E-state index contributed by atoms with van der Waals surface area (Å²) in [5.41, 5.74) is 0. The fourth-order valence-corrected chi connectivity index (χ4v) is 6.83. The highest BCUT2D eigenvalue weighted by Crippen LogP contribution is 2.34. The first-order valence-electron chi connectivity index (χ1n) is 16.3. The molecular formula is C30H52O15. The zero-order chi connectivity index (χ0) is 32.6. The maximum atomic E-state index is 10.9. The summed E-state index contributed by atoms with van der Waals surface area (Å²) >= 11 is 0. The predicted molar refractivity (Wildman–Crippen MR) is 151 cm³/mol. The van der Waals surface area contributed by atoms with Crippen molar-refractivity contribution in [3.05, 3.63) is 0 Å². The topological polar surface area (TPSA) is 204 Å². The molecule has 262 valence electrons. The Morgan fingerprint density at radius 2 is 0.911 bits per heavy atom. The van der Waals surface area contributed by atoms with Crippen LogP contribution in [0.3, 0.4) is 0 Å². The average molecular weight is 653 g/mol. The second-order valence-corrected chi connectivity index (χ2v) is 13.1. The minimum atomic E-state index is -1.06. The van der Waals surface area contributed by atoms with Crippen LogP contribution >= 0.6 is 0 Å². The van der Waals surface area contributed by atoms with Gasteiger partial charge in [-0.2, -0.15) is 0 Å². The van der Waals surface area contributed by atoms with Gasteiger partial charge in [0.2, 0.25) is 0 Å². The minimum Gasteiger partial charge on any atom is -0.390 e. The van der Waals surface area contributed by atoms with Crippen molar-refractivity contribution in [3.63, 3.8) is 0 Å². The van der Waals surface area contributed by atoms with E-state index in [1.807, 2.05) is 6.92 Å². The zero-order valence-corrected chi connectivity index (χ0v) is 26.6. The van der Waals surface area contributed by atoms with Crippen molar-refractivity contribution < 1.29 is 73.3 Å². The van der Waals surface area contributed by atoms with Crippen LogP contribution in [0.25, 0.3) is 0 Å². The van der Waals surface area contributed by atoms with Crippen molar-refractivity contribution in [1.29, 1.82) is 0 Å². The molecule has 5 aliphatic heterocycles. The SMILES string of the molecule is C[C@@H]1O[C@@H](O[C@@H]2C[C@H](O[C@H]3[C@H](O)C[C@H](O)O[C@@H]3C)O[C@H](C)[C@H]2O)CC[C@@H]1O[C@H]1C[C@@H](O)[C@H](O[C@H]2C[C@@H](O)[C@H](O)[C@@H](C)O2)[C@@H](C)O1. The summed E-state index contributed by atoms with van der Waals surface area (Å²) < 4.78 is 53.4. The molecule has 0 saturated carbocycles. The summed E-state index contributed by atoms with van der Waals surface area (Å²) in [6.07, 6.45) is -12.1. The van der Waals surface area contributed by atoms with Crippen LogP contribution in [-0.4, -0.2) is 148 Å². The van der Waals surface area contributed by atoms with Crippen LogP contribution in [0, 0.1) is 0 Å². The molecule has 5 fully saturated rings. The summed E-state index contributed by atoms with van der Waals surface area (Å²) in [5, 5.41) is 61.8. The van der Waals surface area contributed by atoms with E-state index in [9.17, 15) is 30.6 Å². The van der Waals surface area contributed by atoms with E-state index in [-0.39, 0.29) is 37.9 Å². The molecule has 0 aliphatic carbocycles.